The summed E-state index contributed by atoms with van der Waals surface area (Å²) in [6.07, 6.45) is -2.88. The molecule has 7 heteroatoms. The van der Waals surface area contributed by atoms with E-state index < -0.39 is 11.9 Å². The summed E-state index contributed by atoms with van der Waals surface area (Å²) in [7, 11) is 0. The molecule has 1 heterocycles. The first-order chi connectivity index (χ1) is 8.95. The van der Waals surface area contributed by atoms with Crippen molar-refractivity contribution in [2.24, 2.45) is 0 Å². The molecule has 1 aromatic carbocycles. The molecule has 0 radical (unpaired) electrons. The summed E-state index contributed by atoms with van der Waals surface area (Å²) >= 11 is 0. The summed E-state index contributed by atoms with van der Waals surface area (Å²) in [6, 6.07) is 6.69. The van der Waals surface area contributed by atoms with Gasteiger partial charge < -0.3 is 0 Å². The van der Waals surface area contributed by atoms with Crippen LogP contribution in [-0.2, 0) is 6.18 Å². The molecule has 0 saturated heterocycles. The van der Waals surface area contributed by atoms with Crippen LogP contribution < -0.4 is 0 Å². The molecule has 0 spiro atoms. The van der Waals surface area contributed by atoms with Gasteiger partial charge in [-0.05, 0) is 24.3 Å². The molecule has 0 bridgehead atoms. The number of alkyl halides is 3. The standard InChI is InChI=1S/C12H6F3N3O/c13-12(14,15)11-3-4-18(17-11)10-2-1-8(7-19)5-9(10)6-16/h1-5,7H. The van der Waals surface area contributed by atoms with E-state index in [0.29, 0.717) is 6.29 Å². The molecule has 2 aromatic rings. The van der Waals surface area contributed by atoms with E-state index in [4.69, 9.17) is 5.26 Å². The van der Waals surface area contributed by atoms with Crippen LogP contribution in [0, 0.1) is 11.3 Å². The van der Waals surface area contributed by atoms with E-state index in [2.05, 4.69) is 5.10 Å². The third-order valence-electron chi connectivity index (χ3n) is 2.40. The zero-order chi connectivity index (χ0) is 14.0. The molecular formula is C12H6F3N3O. The van der Waals surface area contributed by atoms with E-state index in [1.54, 1.807) is 0 Å². The van der Waals surface area contributed by atoms with Crippen molar-refractivity contribution in [2.75, 3.05) is 0 Å². The third kappa shape index (κ3) is 2.47. The van der Waals surface area contributed by atoms with Gasteiger partial charge in [-0.25, -0.2) is 4.68 Å². The zero-order valence-corrected chi connectivity index (χ0v) is 9.35. The predicted octanol–water partition coefficient (Wildman–Crippen LogP) is 2.58. The Morgan fingerprint density at radius 3 is 2.58 bits per heavy atom. The van der Waals surface area contributed by atoms with Gasteiger partial charge in [-0.2, -0.15) is 23.5 Å². The van der Waals surface area contributed by atoms with Gasteiger partial charge in [0.25, 0.3) is 0 Å². The monoisotopic (exact) mass is 265 g/mol. The Hall–Kier alpha value is -2.62. The van der Waals surface area contributed by atoms with Gasteiger partial charge in [-0.3, -0.25) is 4.79 Å². The summed E-state index contributed by atoms with van der Waals surface area (Å²) in [5.41, 5.74) is -0.524. The number of benzene rings is 1. The highest BCUT2D eigenvalue weighted by Gasteiger charge is 2.33. The number of aromatic nitrogens is 2. The molecule has 0 saturated carbocycles. The minimum atomic E-state index is -4.54. The van der Waals surface area contributed by atoms with Crippen LogP contribution in [0.5, 0.6) is 0 Å². The van der Waals surface area contributed by atoms with Gasteiger partial charge >= 0.3 is 6.18 Å². The molecule has 1 aromatic heterocycles. The summed E-state index contributed by atoms with van der Waals surface area (Å²) in [4.78, 5) is 10.6. The van der Waals surface area contributed by atoms with Crippen molar-refractivity contribution >= 4 is 6.29 Å². The van der Waals surface area contributed by atoms with E-state index in [9.17, 15) is 18.0 Å². The first-order valence-electron chi connectivity index (χ1n) is 5.08. The largest absolute Gasteiger partial charge is 0.435 e. The maximum atomic E-state index is 12.4. The van der Waals surface area contributed by atoms with Crippen LogP contribution in [0.15, 0.2) is 30.5 Å². The van der Waals surface area contributed by atoms with Gasteiger partial charge in [0, 0.05) is 11.8 Å². The molecule has 2 rings (SSSR count). The van der Waals surface area contributed by atoms with Crippen molar-refractivity contribution in [3.8, 4) is 11.8 Å². The highest BCUT2D eigenvalue weighted by molar-refractivity contribution is 5.76. The van der Waals surface area contributed by atoms with Crippen LogP contribution in [0.25, 0.3) is 5.69 Å². The van der Waals surface area contributed by atoms with Crippen molar-refractivity contribution in [1.82, 2.24) is 9.78 Å². The summed E-state index contributed by atoms with van der Waals surface area (Å²) in [5, 5.41) is 12.3. The van der Waals surface area contributed by atoms with E-state index in [1.807, 2.05) is 6.07 Å². The Balaban J connectivity index is 2.51. The predicted molar refractivity (Wildman–Crippen MR) is 58.7 cm³/mol. The highest BCUT2D eigenvalue weighted by atomic mass is 19.4. The second-order valence-electron chi connectivity index (χ2n) is 3.65. The molecule has 0 aliphatic carbocycles. The molecule has 0 unspecified atom stereocenters. The van der Waals surface area contributed by atoms with Crippen LogP contribution in [0.3, 0.4) is 0 Å². The Kier molecular flexibility index (Phi) is 3.09. The number of carbonyl (C=O) groups excluding carboxylic acids is 1. The molecule has 0 N–H and O–H groups in total. The van der Waals surface area contributed by atoms with E-state index in [1.165, 1.54) is 18.2 Å². The maximum absolute atomic E-state index is 12.4. The number of hydrogen-bond donors (Lipinski definition) is 0. The Labute approximate surface area is 105 Å². The van der Waals surface area contributed by atoms with Crippen LogP contribution >= 0.6 is 0 Å². The zero-order valence-electron chi connectivity index (χ0n) is 9.35. The number of hydrogen-bond acceptors (Lipinski definition) is 3. The van der Waals surface area contributed by atoms with Crippen molar-refractivity contribution in [1.29, 1.82) is 5.26 Å². The normalized spacial score (nSPS) is 11.1. The van der Waals surface area contributed by atoms with Crippen LogP contribution in [0.1, 0.15) is 21.6 Å². The van der Waals surface area contributed by atoms with Crippen molar-refractivity contribution in [2.45, 2.75) is 6.18 Å². The number of rotatable bonds is 2. The molecule has 0 aliphatic rings. The lowest BCUT2D eigenvalue weighted by molar-refractivity contribution is -0.141. The SMILES string of the molecule is N#Cc1cc(C=O)ccc1-n1ccc(C(F)(F)F)n1. The summed E-state index contributed by atoms with van der Waals surface area (Å²) in [6.45, 7) is 0. The summed E-state index contributed by atoms with van der Waals surface area (Å²) in [5.74, 6) is 0. The maximum Gasteiger partial charge on any atom is 0.435 e. The minimum Gasteiger partial charge on any atom is -0.298 e. The number of halogens is 3. The van der Waals surface area contributed by atoms with E-state index in [0.717, 1.165) is 16.9 Å². The molecule has 96 valence electrons. The fraction of sp³-hybridized carbons (Fsp3) is 0.0833. The van der Waals surface area contributed by atoms with Gasteiger partial charge in [0.05, 0.1) is 11.3 Å². The van der Waals surface area contributed by atoms with Gasteiger partial charge in [-0.1, -0.05) is 0 Å². The average molecular weight is 265 g/mol. The van der Waals surface area contributed by atoms with Crippen LogP contribution in [0.4, 0.5) is 13.2 Å². The first-order valence-corrected chi connectivity index (χ1v) is 5.08. The number of nitriles is 1. The summed E-state index contributed by atoms with van der Waals surface area (Å²) < 4.78 is 38.2. The second-order valence-corrected chi connectivity index (χ2v) is 3.65. The van der Waals surface area contributed by atoms with Crippen LogP contribution in [0.2, 0.25) is 0 Å². The molecule has 0 fully saturated rings. The molecule has 0 atom stereocenters. The van der Waals surface area contributed by atoms with Crippen LogP contribution in [-0.4, -0.2) is 16.1 Å². The van der Waals surface area contributed by atoms with E-state index in [-0.39, 0.29) is 16.8 Å². The van der Waals surface area contributed by atoms with Gasteiger partial charge in [0.2, 0.25) is 0 Å². The van der Waals surface area contributed by atoms with Gasteiger partial charge in [0.15, 0.2) is 5.69 Å². The third-order valence-corrected chi connectivity index (χ3v) is 2.40. The molecule has 0 aliphatic heterocycles. The number of aldehydes is 1. The number of carbonyl (C=O) groups is 1. The fourth-order valence-electron chi connectivity index (χ4n) is 1.53. The molecule has 0 amide bonds. The second kappa shape index (κ2) is 4.57. The Bertz CT molecular complexity index is 668. The van der Waals surface area contributed by atoms with E-state index >= 15 is 0 Å². The minimum absolute atomic E-state index is 0.0708. The lowest BCUT2D eigenvalue weighted by atomic mass is 10.1. The highest BCUT2D eigenvalue weighted by Crippen LogP contribution is 2.28. The lowest BCUT2D eigenvalue weighted by Crippen LogP contribution is -2.07. The molecule has 4 nitrogen and oxygen atoms in total. The van der Waals surface area contributed by atoms with Crippen molar-refractivity contribution < 1.29 is 18.0 Å². The fourth-order valence-corrected chi connectivity index (χ4v) is 1.53. The Morgan fingerprint density at radius 2 is 2.05 bits per heavy atom. The van der Waals surface area contributed by atoms with Crippen molar-refractivity contribution in [3.05, 3.63) is 47.3 Å². The smallest absolute Gasteiger partial charge is 0.298 e. The van der Waals surface area contributed by atoms with Crippen molar-refractivity contribution in [3.63, 3.8) is 0 Å². The lowest BCUT2D eigenvalue weighted by Gasteiger charge is -2.05. The topological polar surface area (TPSA) is 58.7 Å². The quantitative estimate of drug-likeness (QED) is 0.784. The number of nitrogens with zero attached hydrogens (tertiary/aromatic N) is 3. The van der Waals surface area contributed by atoms with Gasteiger partial charge in [-0.15, -0.1) is 0 Å². The molecule has 19 heavy (non-hydrogen) atoms. The van der Waals surface area contributed by atoms with Gasteiger partial charge in [0.1, 0.15) is 12.4 Å². The average Bonchev–Trinajstić information content (AvgIpc) is 2.87. The Morgan fingerprint density at radius 1 is 1.32 bits per heavy atom. The first kappa shape index (κ1) is 12.8. The molecular weight excluding hydrogens is 259 g/mol.